The van der Waals surface area contributed by atoms with Gasteiger partial charge in [0.05, 0.1) is 15.0 Å². The fourth-order valence-electron chi connectivity index (χ4n) is 1.62. The molecule has 8 heteroatoms. The standard InChI is InChI=1S/C13H7Cl2FN2O3/c14-10-3-2-8(6-11(10)15)17-13(19)9-5-7(16)1-4-12(9)18(20)21/h1-6H,(H,17,19). The highest BCUT2D eigenvalue weighted by Gasteiger charge is 2.21. The second-order valence-corrected chi connectivity index (χ2v) is 4.82. The summed E-state index contributed by atoms with van der Waals surface area (Å²) in [5, 5.41) is 13.8. The van der Waals surface area contributed by atoms with Crippen LogP contribution in [-0.2, 0) is 0 Å². The van der Waals surface area contributed by atoms with Crippen molar-refractivity contribution >= 4 is 40.5 Å². The van der Waals surface area contributed by atoms with Crippen LogP contribution in [0.5, 0.6) is 0 Å². The minimum absolute atomic E-state index is 0.211. The van der Waals surface area contributed by atoms with E-state index >= 15 is 0 Å². The molecule has 0 aromatic heterocycles. The van der Waals surface area contributed by atoms with Crippen LogP contribution in [0.3, 0.4) is 0 Å². The normalized spacial score (nSPS) is 10.2. The third-order valence-electron chi connectivity index (χ3n) is 2.58. The van der Waals surface area contributed by atoms with Crippen LogP contribution in [-0.4, -0.2) is 10.8 Å². The average molecular weight is 329 g/mol. The van der Waals surface area contributed by atoms with Gasteiger partial charge in [0.1, 0.15) is 11.4 Å². The highest BCUT2D eigenvalue weighted by atomic mass is 35.5. The lowest BCUT2D eigenvalue weighted by atomic mass is 10.1. The van der Waals surface area contributed by atoms with Crippen molar-refractivity contribution in [2.24, 2.45) is 0 Å². The van der Waals surface area contributed by atoms with Gasteiger partial charge in [0, 0.05) is 11.8 Å². The predicted molar refractivity (Wildman–Crippen MR) is 77.5 cm³/mol. The van der Waals surface area contributed by atoms with Crippen molar-refractivity contribution in [1.82, 2.24) is 0 Å². The Bertz CT molecular complexity index is 737. The summed E-state index contributed by atoms with van der Waals surface area (Å²) < 4.78 is 13.2. The monoisotopic (exact) mass is 328 g/mol. The van der Waals surface area contributed by atoms with Crippen molar-refractivity contribution < 1.29 is 14.1 Å². The Morgan fingerprint density at radius 1 is 1.14 bits per heavy atom. The summed E-state index contributed by atoms with van der Waals surface area (Å²) in [5.74, 6) is -1.57. The molecule has 21 heavy (non-hydrogen) atoms. The number of nitrogens with zero attached hydrogens (tertiary/aromatic N) is 1. The molecule has 0 aliphatic carbocycles. The predicted octanol–water partition coefficient (Wildman–Crippen LogP) is 4.29. The van der Waals surface area contributed by atoms with Gasteiger partial charge < -0.3 is 5.32 Å². The molecule has 0 heterocycles. The molecule has 0 saturated carbocycles. The molecular formula is C13H7Cl2FN2O3. The van der Waals surface area contributed by atoms with E-state index < -0.39 is 22.3 Å². The van der Waals surface area contributed by atoms with E-state index in [1.807, 2.05) is 0 Å². The average Bonchev–Trinajstić information content (AvgIpc) is 2.42. The number of nitro benzene ring substituents is 1. The number of nitrogens with one attached hydrogen (secondary N) is 1. The van der Waals surface area contributed by atoms with E-state index in [4.69, 9.17) is 23.2 Å². The van der Waals surface area contributed by atoms with Crippen molar-refractivity contribution in [2.75, 3.05) is 5.32 Å². The van der Waals surface area contributed by atoms with Gasteiger partial charge in [-0.2, -0.15) is 0 Å². The zero-order valence-electron chi connectivity index (χ0n) is 10.3. The molecule has 108 valence electrons. The zero-order valence-corrected chi connectivity index (χ0v) is 11.8. The molecule has 0 fully saturated rings. The Balaban J connectivity index is 2.34. The summed E-state index contributed by atoms with van der Waals surface area (Å²) in [7, 11) is 0. The second-order valence-electron chi connectivity index (χ2n) is 4.00. The summed E-state index contributed by atoms with van der Waals surface area (Å²) in [5.41, 5.74) is -0.590. The molecule has 0 radical (unpaired) electrons. The number of halogens is 3. The third kappa shape index (κ3) is 3.48. The number of hydrogen-bond donors (Lipinski definition) is 1. The molecule has 2 aromatic rings. The lowest BCUT2D eigenvalue weighted by Gasteiger charge is -2.07. The minimum atomic E-state index is -0.820. The van der Waals surface area contributed by atoms with Crippen LogP contribution in [0, 0.1) is 15.9 Å². The van der Waals surface area contributed by atoms with E-state index in [2.05, 4.69) is 5.32 Å². The first-order valence-electron chi connectivity index (χ1n) is 5.59. The number of anilines is 1. The Kier molecular flexibility index (Phi) is 4.40. The topological polar surface area (TPSA) is 72.2 Å². The molecule has 0 bridgehead atoms. The Hall–Kier alpha value is -2.18. The maximum atomic E-state index is 13.2. The first-order chi connectivity index (χ1) is 9.88. The van der Waals surface area contributed by atoms with E-state index in [0.29, 0.717) is 5.02 Å². The fourth-order valence-corrected chi connectivity index (χ4v) is 1.92. The van der Waals surface area contributed by atoms with Gasteiger partial charge in [-0.15, -0.1) is 0 Å². The van der Waals surface area contributed by atoms with Gasteiger partial charge in [-0.3, -0.25) is 14.9 Å². The number of carbonyl (C=O) groups is 1. The number of amides is 1. The lowest BCUT2D eigenvalue weighted by molar-refractivity contribution is -0.385. The second kappa shape index (κ2) is 6.07. The van der Waals surface area contributed by atoms with Crippen molar-refractivity contribution in [3.8, 4) is 0 Å². The number of rotatable bonds is 3. The Morgan fingerprint density at radius 3 is 2.48 bits per heavy atom. The molecule has 0 unspecified atom stereocenters. The summed E-state index contributed by atoms with van der Waals surface area (Å²) in [6, 6.07) is 6.95. The van der Waals surface area contributed by atoms with Crippen LogP contribution in [0.1, 0.15) is 10.4 Å². The van der Waals surface area contributed by atoms with Gasteiger partial charge >= 0.3 is 0 Å². The van der Waals surface area contributed by atoms with E-state index in [9.17, 15) is 19.3 Å². The van der Waals surface area contributed by atoms with Crippen molar-refractivity contribution in [2.45, 2.75) is 0 Å². The zero-order chi connectivity index (χ0) is 15.6. The molecule has 5 nitrogen and oxygen atoms in total. The number of nitro groups is 1. The highest BCUT2D eigenvalue weighted by Crippen LogP contribution is 2.26. The Labute approximate surface area is 128 Å². The van der Waals surface area contributed by atoms with E-state index in [1.165, 1.54) is 18.2 Å². The maximum absolute atomic E-state index is 13.2. The first-order valence-corrected chi connectivity index (χ1v) is 6.34. The summed E-state index contributed by atoms with van der Waals surface area (Å²) in [4.78, 5) is 22.1. The van der Waals surface area contributed by atoms with E-state index in [1.54, 1.807) is 0 Å². The van der Waals surface area contributed by atoms with Crippen molar-refractivity contribution in [3.63, 3.8) is 0 Å². The molecule has 1 N–H and O–H groups in total. The van der Waals surface area contributed by atoms with Crippen molar-refractivity contribution in [1.29, 1.82) is 0 Å². The van der Waals surface area contributed by atoms with Crippen LogP contribution >= 0.6 is 23.2 Å². The molecule has 2 aromatic carbocycles. The van der Waals surface area contributed by atoms with Gasteiger partial charge in [0.25, 0.3) is 11.6 Å². The number of hydrogen-bond acceptors (Lipinski definition) is 3. The number of benzene rings is 2. The molecule has 2 rings (SSSR count). The molecule has 0 spiro atoms. The van der Waals surface area contributed by atoms with Gasteiger partial charge in [-0.05, 0) is 30.3 Å². The summed E-state index contributed by atoms with van der Waals surface area (Å²) in [6.07, 6.45) is 0. The molecule has 1 amide bonds. The van der Waals surface area contributed by atoms with Crippen LogP contribution in [0.25, 0.3) is 0 Å². The van der Waals surface area contributed by atoms with Crippen LogP contribution in [0.2, 0.25) is 10.0 Å². The van der Waals surface area contributed by atoms with E-state index in [-0.39, 0.29) is 16.3 Å². The molecule has 0 saturated heterocycles. The van der Waals surface area contributed by atoms with Gasteiger partial charge in [-0.1, -0.05) is 23.2 Å². The molecule has 0 aliphatic rings. The smallest absolute Gasteiger partial charge is 0.282 e. The molecule has 0 aliphatic heterocycles. The fraction of sp³-hybridized carbons (Fsp3) is 0. The van der Waals surface area contributed by atoms with Gasteiger partial charge in [0.15, 0.2) is 0 Å². The highest BCUT2D eigenvalue weighted by molar-refractivity contribution is 6.42. The van der Waals surface area contributed by atoms with Crippen molar-refractivity contribution in [3.05, 3.63) is 67.9 Å². The third-order valence-corrected chi connectivity index (χ3v) is 3.32. The van der Waals surface area contributed by atoms with Gasteiger partial charge in [-0.25, -0.2) is 4.39 Å². The van der Waals surface area contributed by atoms with Crippen LogP contribution in [0.15, 0.2) is 36.4 Å². The molecule has 0 atom stereocenters. The van der Waals surface area contributed by atoms with Crippen LogP contribution < -0.4 is 5.32 Å². The first kappa shape index (κ1) is 15.2. The van der Waals surface area contributed by atoms with E-state index in [0.717, 1.165) is 18.2 Å². The largest absolute Gasteiger partial charge is 0.322 e. The quantitative estimate of drug-likeness (QED) is 0.674. The molecular weight excluding hydrogens is 322 g/mol. The summed E-state index contributed by atoms with van der Waals surface area (Å²) in [6.45, 7) is 0. The Morgan fingerprint density at radius 2 is 1.86 bits per heavy atom. The SMILES string of the molecule is O=C(Nc1ccc(Cl)c(Cl)c1)c1cc(F)ccc1[N+](=O)[O-]. The number of carbonyl (C=O) groups excluding carboxylic acids is 1. The van der Waals surface area contributed by atoms with Gasteiger partial charge in [0.2, 0.25) is 0 Å². The maximum Gasteiger partial charge on any atom is 0.282 e. The minimum Gasteiger partial charge on any atom is -0.322 e. The lowest BCUT2D eigenvalue weighted by Crippen LogP contribution is -2.14. The van der Waals surface area contributed by atoms with Crippen LogP contribution in [0.4, 0.5) is 15.8 Å². The summed E-state index contributed by atoms with van der Waals surface area (Å²) >= 11 is 11.5.